The molecule has 1 fully saturated rings. The standard InChI is InChI=1S/C13H18BrN3O2/c1-9-11(14)10(2-5-16-9)17-8-13(12(15)18)3-6-19-7-4-13/h2,5H,3-4,6-8H2,1H3,(H2,15,18)(H,16,17). The summed E-state index contributed by atoms with van der Waals surface area (Å²) in [5, 5.41) is 3.30. The van der Waals surface area contributed by atoms with E-state index in [9.17, 15) is 4.79 Å². The van der Waals surface area contributed by atoms with E-state index in [1.54, 1.807) is 6.20 Å². The Kier molecular flexibility index (Phi) is 4.42. The van der Waals surface area contributed by atoms with E-state index in [-0.39, 0.29) is 5.91 Å². The summed E-state index contributed by atoms with van der Waals surface area (Å²) in [6.07, 6.45) is 3.07. The highest BCUT2D eigenvalue weighted by molar-refractivity contribution is 9.10. The minimum Gasteiger partial charge on any atom is -0.383 e. The zero-order valence-corrected chi connectivity index (χ0v) is 12.5. The maximum atomic E-state index is 11.8. The molecule has 1 aromatic heterocycles. The molecule has 0 unspecified atom stereocenters. The number of halogens is 1. The van der Waals surface area contributed by atoms with E-state index in [0.29, 0.717) is 32.6 Å². The van der Waals surface area contributed by atoms with E-state index in [4.69, 9.17) is 10.5 Å². The number of nitrogens with one attached hydrogen (secondary N) is 1. The monoisotopic (exact) mass is 327 g/mol. The van der Waals surface area contributed by atoms with Gasteiger partial charge in [0.2, 0.25) is 5.91 Å². The van der Waals surface area contributed by atoms with Crippen LogP contribution in [0.15, 0.2) is 16.7 Å². The number of hydrogen-bond donors (Lipinski definition) is 2. The summed E-state index contributed by atoms with van der Waals surface area (Å²) < 4.78 is 6.23. The van der Waals surface area contributed by atoms with Crippen molar-refractivity contribution in [2.75, 3.05) is 25.1 Å². The minimum atomic E-state index is -0.519. The fourth-order valence-electron chi connectivity index (χ4n) is 2.22. The molecule has 0 saturated carbocycles. The zero-order chi connectivity index (χ0) is 13.9. The first-order chi connectivity index (χ1) is 9.05. The first kappa shape index (κ1) is 14.3. The van der Waals surface area contributed by atoms with Crippen molar-refractivity contribution in [1.82, 2.24) is 4.98 Å². The first-order valence-corrected chi connectivity index (χ1v) is 7.07. The molecule has 1 aromatic rings. The molecule has 1 aliphatic heterocycles. The number of ether oxygens (including phenoxy) is 1. The van der Waals surface area contributed by atoms with Crippen LogP contribution in [0.2, 0.25) is 0 Å². The van der Waals surface area contributed by atoms with E-state index in [1.807, 2.05) is 13.0 Å². The second-order valence-corrected chi connectivity index (χ2v) is 5.66. The Labute approximate surface area is 121 Å². The Bertz CT molecular complexity index is 473. The van der Waals surface area contributed by atoms with Gasteiger partial charge >= 0.3 is 0 Å². The maximum absolute atomic E-state index is 11.8. The van der Waals surface area contributed by atoms with Crippen LogP contribution < -0.4 is 11.1 Å². The number of amides is 1. The van der Waals surface area contributed by atoms with Crippen LogP contribution in [0.5, 0.6) is 0 Å². The average molecular weight is 328 g/mol. The van der Waals surface area contributed by atoms with E-state index >= 15 is 0 Å². The number of primary amides is 1. The van der Waals surface area contributed by atoms with Gasteiger partial charge in [0.1, 0.15) is 0 Å². The third-order valence-corrected chi connectivity index (χ3v) is 4.65. The van der Waals surface area contributed by atoms with Gasteiger partial charge in [-0.25, -0.2) is 0 Å². The number of carbonyl (C=O) groups is 1. The molecule has 19 heavy (non-hydrogen) atoms. The molecule has 6 heteroatoms. The number of rotatable bonds is 4. The molecule has 3 N–H and O–H groups in total. The van der Waals surface area contributed by atoms with Crippen LogP contribution in [0.25, 0.3) is 0 Å². The summed E-state index contributed by atoms with van der Waals surface area (Å²) in [6.45, 7) is 3.61. The summed E-state index contributed by atoms with van der Waals surface area (Å²) in [6, 6.07) is 1.88. The van der Waals surface area contributed by atoms with Crippen LogP contribution in [-0.4, -0.2) is 30.6 Å². The molecule has 1 aliphatic rings. The highest BCUT2D eigenvalue weighted by Crippen LogP contribution is 2.32. The lowest BCUT2D eigenvalue weighted by molar-refractivity contribution is -0.132. The molecule has 1 saturated heterocycles. The Balaban J connectivity index is 2.11. The van der Waals surface area contributed by atoms with Crippen LogP contribution in [0.4, 0.5) is 5.69 Å². The van der Waals surface area contributed by atoms with Crippen molar-refractivity contribution in [3.63, 3.8) is 0 Å². The largest absolute Gasteiger partial charge is 0.383 e. The molecule has 0 bridgehead atoms. The molecule has 0 spiro atoms. The smallest absolute Gasteiger partial charge is 0.225 e. The lowest BCUT2D eigenvalue weighted by Gasteiger charge is -2.34. The number of hydrogen-bond acceptors (Lipinski definition) is 4. The van der Waals surface area contributed by atoms with Gasteiger partial charge in [0.25, 0.3) is 0 Å². The number of nitrogens with two attached hydrogens (primary N) is 1. The highest BCUT2D eigenvalue weighted by atomic mass is 79.9. The normalized spacial score (nSPS) is 18.0. The molecule has 2 rings (SSSR count). The molecular weight excluding hydrogens is 310 g/mol. The molecule has 1 amide bonds. The van der Waals surface area contributed by atoms with Crippen LogP contribution in [0, 0.1) is 12.3 Å². The lowest BCUT2D eigenvalue weighted by Crippen LogP contribution is -2.46. The molecular formula is C13H18BrN3O2. The summed E-state index contributed by atoms with van der Waals surface area (Å²) in [7, 11) is 0. The fourth-order valence-corrected chi connectivity index (χ4v) is 2.60. The van der Waals surface area contributed by atoms with Gasteiger partial charge in [0, 0.05) is 26.0 Å². The van der Waals surface area contributed by atoms with Gasteiger partial charge in [-0.2, -0.15) is 0 Å². The summed E-state index contributed by atoms with van der Waals surface area (Å²) in [4.78, 5) is 15.9. The molecule has 0 atom stereocenters. The van der Waals surface area contributed by atoms with Crippen LogP contribution >= 0.6 is 15.9 Å². The predicted octanol–water partition coefficient (Wildman–Crippen LogP) is 1.85. The van der Waals surface area contributed by atoms with Gasteiger partial charge in [0.05, 0.1) is 21.3 Å². The lowest BCUT2D eigenvalue weighted by atomic mass is 9.79. The van der Waals surface area contributed by atoms with Crippen LogP contribution in [0.3, 0.4) is 0 Å². The Morgan fingerprint density at radius 1 is 1.58 bits per heavy atom. The van der Waals surface area contributed by atoms with Crippen molar-refractivity contribution < 1.29 is 9.53 Å². The zero-order valence-electron chi connectivity index (χ0n) is 10.9. The van der Waals surface area contributed by atoms with Gasteiger partial charge < -0.3 is 15.8 Å². The quantitative estimate of drug-likeness (QED) is 0.884. The van der Waals surface area contributed by atoms with E-state index in [1.165, 1.54) is 0 Å². The predicted molar refractivity (Wildman–Crippen MR) is 76.8 cm³/mol. The minimum absolute atomic E-state index is 0.259. The van der Waals surface area contributed by atoms with Gasteiger partial charge in [-0.1, -0.05) is 0 Å². The number of nitrogens with zero attached hydrogens (tertiary/aromatic N) is 1. The maximum Gasteiger partial charge on any atom is 0.225 e. The fraction of sp³-hybridized carbons (Fsp3) is 0.538. The summed E-state index contributed by atoms with van der Waals surface area (Å²) in [5.41, 5.74) is 6.89. The molecule has 0 aliphatic carbocycles. The first-order valence-electron chi connectivity index (χ1n) is 6.28. The number of carbonyl (C=O) groups excluding carboxylic acids is 1. The topological polar surface area (TPSA) is 77.2 Å². The second kappa shape index (κ2) is 5.88. The van der Waals surface area contributed by atoms with Gasteiger partial charge in [-0.3, -0.25) is 9.78 Å². The Morgan fingerprint density at radius 2 is 2.26 bits per heavy atom. The number of pyridine rings is 1. The third-order valence-electron chi connectivity index (χ3n) is 3.65. The highest BCUT2D eigenvalue weighted by Gasteiger charge is 2.38. The van der Waals surface area contributed by atoms with Crippen LogP contribution in [-0.2, 0) is 9.53 Å². The van der Waals surface area contributed by atoms with E-state index in [2.05, 4.69) is 26.2 Å². The average Bonchev–Trinajstić information content (AvgIpc) is 2.41. The number of aryl methyl sites for hydroxylation is 1. The SMILES string of the molecule is Cc1nccc(NCC2(C(N)=O)CCOCC2)c1Br. The third kappa shape index (κ3) is 3.06. The van der Waals surface area contributed by atoms with Crippen molar-refractivity contribution >= 4 is 27.5 Å². The van der Waals surface area contributed by atoms with Crippen molar-refractivity contribution in [3.8, 4) is 0 Å². The van der Waals surface area contributed by atoms with Crippen molar-refractivity contribution in [2.24, 2.45) is 11.1 Å². The molecule has 2 heterocycles. The Hall–Kier alpha value is -1.14. The molecule has 0 aromatic carbocycles. The molecule has 5 nitrogen and oxygen atoms in total. The van der Waals surface area contributed by atoms with Crippen molar-refractivity contribution in [1.29, 1.82) is 0 Å². The van der Waals surface area contributed by atoms with Gasteiger partial charge in [-0.05, 0) is 41.8 Å². The summed E-state index contributed by atoms with van der Waals surface area (Å²) in [5.74, 6) is -0.259. The van der Waals surface area contributed by atoms with E-state index in [0.717, 1.165) is 15.9 Å². The van der Waals surface area contributed by atoms with E-state index < -0.39 is 5.41 Å². The van der Waals surface area contributed by atoms with Gasteiger partial charge in [0.15, 0.2) is 0 Å². The number of anilines is 1. The summed E-state index contributed by atoms with van der Waals surface area (Å²) >= 11 is 3.49. The molecule has 104 valence electrons. The van der Waals surface area contributed by atoms with Gasteiger partial charge in [-0.15, -0.1) is 0 Å². The molecule has 0 radical (unpaired) electrons. The van der Waals surface area contributed by atoms with Crippen molar-refractivity contribution in [2.45, 2.75) is 19.8 Å². The van der Waals surface area contributed by atoms with Crippen LogP contribution in [0.1, 0.15) is 18.5 Å². The Morgan fingerprint density at radius 3 is 2.89 bits per heavy atom. The number of aromatic nitrogens is 1. The van der Waals surface area contributed by atoms with Crippen molar-refractivity contribution in [3.05, 3.63) is 22.4 Å². The second-order valence-electron chi connectivity index (χ2n) is 4.87.